The molecule has 0 rings (SSSR count). The second-order valence-electron chi connectivity index (χ2n) is 1.28. The molecule has 0 spiro atoms. The Morgan fingerprint density at radius 3 is 2.88 bits per heavy atom. The highest BCUT2D eigenvalue weighted by atomic mass is 16.6. The van der Waals surface area contributed by atoms with E-state index in [4.69, 9.17) is 0 Å². The zero-order chi connectivity index (χ0) is 6.41. The molecule has 0 saturated carbocycles. The van der Waals surface area contributed by atoms with Gasteiger partial charge in [-0.05, 0) is 18.6 Å². The molecule has 0 unspecified atom stereocenters. The minimum atomic E-state index is -0.386. The van der Waals surface area contributed by atoms with Crippen LogP contribution in [0.15, 0.2) is 6.08 Å². The quantitative estimate of drug-likeness (QED) is 0.406. The van der Waals surface area contributed by atoms with E-state index in [1.54, 1.807) is 0 Å². The van der Waals surface area contributed by atoms with Gasteiger partial charge in [0, 0.05) is 4.92 Å². The summed E-state index contributed by atoms with van der Waals surface area (Å²) >= 11 is 0. The topological polar surface area (TPSA) is 43.1 Å². The monoisotopic (exact) mass is 114 g/mol. The zero-order valence-electron chi connectivity index (χ0n) is 4.76. The van der Waals surface area contributed by atoms with Gasteiger partial charge in [-0.1, -0.05) is 6.92 Å². The predicted molar refractivity (Wildman–Crippen MR) is 30.0 cm³/mol. The highest BCUT2D eigenvalue weighted by molar-refractivity contribution is 4.70. The molecule has 0 fully saturated rings. The summed E-state index contributed by atoms with van der Waals surface area (Å²) in [6, 6.07) is 0. The van der Waals surface area contributed by atoms with E-state index in [-0.39, 0.29) is 11.5 Å². The van der Waals surface area contributed by atoms with Crippen molar-refractivity contribution in [1.29, 1.82) is 0 Å². The molecule has 0 amide bonds. The van der Waals surface area contributed by atoms with E-state index < -0.39 is 0 Å². The van der Waals surface area contributed by atoms with Gasteiger partial charge >= 0.3 is 0 Å². The number of rotatable bonds is 3. The maximum absolute atomic E-state index is 9.61. The molecule has 0 aliphatic carbocycles. The third kappa shape index (κ3) is 5.14. The molecule has 0 bridgehead atoms. The van der Waals surface area contributed by atoms with E-state index in [0.717, 1.165) is 6.42 Å². The summed E-state index contributed by atoms with van der Waals surface area (Å²) in [6.07, 6.45) is 4.89. The molecule has 3 heteroatoms. The second kappa shape index (κ2) is 4.30. The second-order valence-corrected chi connectivity index (χ2v) is 1.28. The third-order valence-electron chi connectivity index (χ3n) is 0.589. The molecule has 0 aromatic heterocycles. The maximum Gasteiger partial charge on any atom is 0.222 e. The SMILES string of the molecule is CC[C]=CC[N+](=O)[O-]. The van der Waals surface area contributed by atoms with Crippen LogP contribution in [0.4, 0.5) is 0 Å². The summed E-state index contributed by atoms with van der Waals surface area (Å²) in [4.78, 5) is 9.22. The molecular formula is C5H8NO2. The van der Waals surface area contributed by atoms with Crippen molar-refractivity contribution in [2.75, 3.05) is 6.54 Å². The highest BCUT2D eigenvalue weighted by Crippen LogP contribution is 1.76. The molecule has 8 heavy (non-hydrogen) atoms. The molecule has 1 radical (unpaired) electrons. The molecule has 45 valence electrons. The lowest BCUT2D eigenvalue weighted by atomic mass is 10.4. The Balaban J connectivity index is 3.16. The van der Waals surface area contributed by atoms with Crippen molar-refractivity contribution in [3.05, 3.63) is 22.3 Å². The molecule has 0 N–H and O–H groups in total. The van der Waals surface area contributed by atoms with Crippen LogP contribution in [0.1, 0.15) is 13.3 Å². The Hall–Kier alpha value is -0.860. The molecule has 0 heterocycles. The van der Waals surface area contributed by atoms with Gasteiger partial charge in [0.25, 0.3) is 0 Å². The fourth-order valence-corrected chi connectivity index (χ4v) is 0.283. The van der Waals surface area contributed by atoms with Crippen LogP contribution < -0.4 is 0 Å². The van der Waals surface area contributed by atoms with Crippen molar-refractivity contribution >= 4 is 0 Å². The number of hydrogen-bond acceptors (Lipinski definition) is 2. The first kappa shape index (κ1) is 7.14. The van der Waals surface area contributed by atoms with E-state index in [1.165, 1.54) is 6.08 Å². The van der Waals surface area contributed by atoms with Gasteiger partial charge in [0.05, 0.1) is 0 Å². The van der Waals surface area contributed by atoms with Crippen LogP contribution in [0.3, 0.4) is 0 Å². The van der Waals surface area contributed by atoms with Gasteiger partial charge in [-0.25, -0.2) is 0 Å². The van der Waals surface area contributed by atoms with Crippen molar-refractivity contribution in [1.82, 2.24) is 0 Å². The summed E-state index contributed by atoms with van der Waals surface area (Å²) in [5, 5.41) is 9.61. The lowest BCUT2D eigenvalue weighted by Gasteiger charge is -1.79. The normalized spacial score (nSPS) is 10.1. The minimum Gasteiger partial charge on any atom is -0.264 e. The van der Waals surface area contributed by atoms with Gasteiger partial charge in [0.1, 0.15) is 0 Å². The highest BCUT2D eigenvalue weighted by Gasteiger charge is 1.84. The number of hydrogen-bond donors (Lipinski definition) is 0. The van der Waals surface area contributed by atoms with Crippen LogP contribution in [-0.2, 0) is 0 Å². The van der Waals surface area contributed by atoms with E-state index in [9.17, 15) is 10.1 Å². The smallest absolute Gasteiger partial charge is 0.222 e. The molecular weight excluding hydrogens is 106 g/mol. The van der Waals surface area contributed by atoms with Gasteiger partial charge in [-0.2, -0.15) is 0 Å². The number of allylic oxidation sites excluding steroid dienone is 1. The summed E-state index contributed by atoms with van der Waals surface area (Å²) in [5.41, 5.74) is 0. The lowest BCUT2D eigenvalue weighted by Crippen LogP contribution is -1.95. The number of nitro groups is 1. The van der Waals surface area contributed by atoms with E-state index in [2.05, 4.69) is 6.08 Å². The summed E-state index contributed by atoms with van der Waals surface area (Å²) in [6.45, 7) is 1.78. The first-order valence-corrected chi connectivity index (χ1v) is 2.44. The van der Waals surface area contributed by atoms with Gasteiger partial charge in [-0.15, -0.1) is 0 Å². The molecule has 0 aliphatic rings. The zero-order valence-corrected chi connectivity index (χ0v) is 4.76. The third-order valence-corrected chi connectivity index (χ3v) is 0.589. The first-order valence-electron chi connectivity index (χ1n) is 2.44. The average molecular weight is 114 g/mol. The standard InChI is InChI=1S/C5H8NO2/c1-2-3-4-5-6(7)8/h4H,2,5H2,1H3. The van der Waals surface area contributed by atoms with Crippen LogP contribution in [-0.4, -0.2) is 11.5 Å². The molecule has 0 aromatic carbocycles. The van der Waals surface area contributed by atoms with Crippen molar-refractivity contribution in [3.8, 4) is 0 Å². The molecule has 0 saturated heterocycles. The summed E-state index contributed by atoms with van der Waals surface area (Å²) < 4.78 is 0. The van der Waals surface area contributed by atoms with Crippen LogP contribution in [0.25, 0.3) is 0 Å². The molecule has 3 nitrogen and oxygen atoms in total. The average Bonchev–Trinajstić information content (AvgIpc) is 1.66. The Labute approximate surface area is 48.2 Å². The van der Waals surface area contributed by atoms with Crippen molar-refractivity contribution in [2.24, 2.45) is 0 Å². The van der Waals surface area contributed by atoms with Crippen LogP contribution in [0.2, 0.25) is 0 Å². The minimum absolute atomic E-state index is 0.103. The van der Waals surface area contributed by atoms with Crippen LogP contribution in [0.5, 0.6) is 0 Å². The van der Waals surface area contributed by atoms with Crippen molar-refractivity contribution in [3.63, 3.8) is 0 Å². The number of nitrogens with zero attached hydrogens (tertiary/aromatic N) is 1. The summed E-state index contributed by atoms with van der Waals surface area (Å²) in [5.74, 6) is 0. The largest absolute Gasteiger partial charge is 0.264 e. The first-order chi connectivity index (χ1) is 3.77. The van der Waals surface area contributed by atoms with Crippen molar-refractivity contribution < 1.29 is 4.92 Å². The maximum atomic E-state index is 9.61. The van der Waals surface area contributed by atoms with Crippen molar-refractivity contribution in [2.45, 2.75) is 13.3 Å². The van der Waals surface area contributed by atoms with E-state index >= 15 is 0 Å². The Morgan fingerprint density at radius 1 is 1.88 bits per heavy atom. The van der Waals surface area contributed by atoms with E-state index in [0.29, 0.717) is 0 Å². The van der Waals surface area contributed by atoms with Crippen LogP contribution >= 0.6 is 0 Å². The molecule has 0 aliphatic heterocycles. The van der Waals surface area contributed by atoms with Gasteiger partial charge < -0.3 is 0 Å². The molecule has 0 atom stereocenters. The predicted octanol–water partition coefficient (Wildman–Crippen LogP) is 1.03. The molecule has 0 aromatic rings. The Kier molecular flexibility index (Phi) is 3.84. The summed E-state index contributed by atoms with van der Waals surface area (Å²) in [7, 11) is 0. The van der Waals surface area contributed by atoms with Gasteiger partial charge in [0.2, 0.25) is 6.54 Å². The fraction of sp³-hybridized carbons (Fsp3) is 0.600. The van der Waals surface area contributed by atoms with Gasteiger partial charge in [-0.3, -0.25) is 10.1 Å². The fourth-order valence-electron chi connectivity index (χ4n) is 0.283. The van der Waals surface area contributed by atoms with Crippen LogP contribution in [0, 0.1) is 16.2 Å². The Bertz CT molecular complexity index is 98.6. The Morgan fingerprint density at radius 2 is 2.50 bits per heavy atom. The lowest BCUT2D eigenvalue weighted by molar-refractivity contribution is -0.468. The van der Waals surface area contributed by atoms with E-state index in [1.807, 2.05) is 6.92 Å². The van der Waals surface area contributed by atoms with Gasteiger partial charge in [0.15, 0.2) is 0 Å².